The van der Waals surface area contributed by atoms with E-state index >= 15 is 0 Å². The summed E-state index contributed by atoms with van der Waals surface area (Å²) in [6, 6.07) is 0. The number of hydrogen-bond acceptors (Lipinski definition) is 2. The molecule has 1 saturated heterocycles. The highest BCUT2D eigenvalue weighted by Gasteiger charge is 2.08. The van der Waals surface area contributed by atoms with Crippen LogP contribution in [0.15, 0.2) is 0 Å². The van der Waals surface area contributed by atoms with Gasteiger partial charge in [0.25, 0.3) is 0 Å². The Balaban J connectivity index is 1.87. The van der Waals surface area contributed by atoms with E-state index in [1.165, 1.54) is 51.7 Å². The molecule has 1 heterocycles. The van der Waals surface area contributed by atoms with Gasteiger partial charge in [-0.3, -0.25) is 4.79 Å². The molecule has 1 aliphatic heterocycles. The van der Waals surface area contributed by atoms with Gasteiger partial charge in [0.15, 0.2) is 0 Å². The lowest BCUT2D eigenvalue weighted by atomic mass is 10.1. The molecule has 1 fully saturated rings. The summed E-state index contributed by atoms with van der Waals surface area (Å²) in [7, 11) is 0. The topological polar surface area (TPSA) is 32.3 Å². The first kappa shape index (κ1) is 15.5. The molecule has 1 amide bonds. The predicted octanol–water partition coefficient (Wildman–Crippen LogP) is 2.80. The largest absolute Gasteiger partial charge is 0.356 e. The van der Waals surface area contributed by atoms with E-state index in [4.69, 9.17) is 0 Å². The highest BCUT2D eigenvalue weighted by atomic mass is 16.1. The molecule has 0 radical (unpaired) electrons. The molecular formula is C15H30N2O. The molecule has 1 rings (SSSR count). The summed E-state index contributed by atoms with van der Waals surface area (Å²) < 4.78 is 0. The molecule has 0 atom stereocenters. The number of nitrogens with zero attached hydrogens (tertiary/aromatic N) is 1. The lowest BCUT2D eigenvalue weighted by Crippen LogP contribution is -2.30. The van der Waals surface area contributed by atoms with Crippen LogP contribution in [-0.4, -0.2) is 37.0 Å². The van der Waals surface area contributed by atoms with Crippen molar-refractivity contribution in [1.29, 1.82) is 0 Å². The van der Waals surface area contributed by atoms with Crippen molar-refractivity contribution in [3.8, 4) is 0 Å². The number of carbonyl (C=O) groups excluding carboxylic acids is 1. The van der Waals surface area contributed by atoms with Gasteiger partial charge in [0.1, 0.15) is 0 Å². The van der Waals surface area contributed by atoms with Gasteiger partial charge in [0, 0.05) is 13.0 Å². The summed E-state index contributed by atoms with van der Waals surface area (Å²) in [4.78, 5) is 14.0. The van der Waals surface area contributed by atoms with Gasteiger partial charge in [-0.15, -0.1) is 0 Å². The number of rotatable bonds is 8. The molecule has 0 saturated carbocycles. The first-order valence-electron chi connectivity index (χ1n) is 7.67. The second-order valence-corrected chi connectivity index (χ2v) is 5.91. The molecule has 18 heavy (non-hydrogen) atoms. The van der Waals surface area contributed by atoms with Crippen molar-refractivity contribution in [2.24, 2.45) is 5.92 Å². The van der Waals surface area contributed by atoms with Crippen molar-refractivity contribution in [3.05, 3.63) is 0 Å². The number of nitrogens with one attached hydrogen (secondary N) is 1. The molecule has 1 N–H and O–H groups in total. The maximum absolute atomic E-state index is 11.4. The Labute approximate surface area is 112 Å². The Bertz CT molecular complexity index is 223. The van der Waals surface area contributed by atoms with Gasteiger partial charge in [-0.1, -0.05) is 26.7 Å². The van der Waals surface area contributed by atoms with Gasteiger partial charge < -0.3 is 10.2 Å². The van der Waals surface area contributed by atoms with E-state index in [1.54, 1.807) is 0 Å². The van der Waals surface area contributed by atoms with Gasteiger partial charge >= 0.3 is 0 Å². The van der Waals surface area contributed by atoms with Crippen LogP contribution in [0.5, 0.6) is 0 Å². The van der Waals surface area contributed by atoms with Crippen molar-refractivity contribution in [1.82, 2.24) is 10.2 Å². The van der Waals surface area contributed by atoms with Crippen LogP contribution in [0.1, 0.15) is 58.8 Å². The minimum Gasteiger partial charge on any atom is -0.356 e. The number of carbonyl (C=O) groups is 1. The van der Waals surface area contributed by atoms with Crippen LogP contribution in [-0.2, 0) is 4.79 Å². The van der Waals surface area contributed by atoms with Crippen LogP contribution in [0.25, 0.3) is 0 Å². The SMILES string of the molecule is CC(C)CC(=O)NCCCCCN1CCCCC1. The van der Waals surface area contributed by atoms with Crippen LogP contribution in [0.4, 0.5) is 0 Å². The van der Waals surface area contributed by atoms with Crippen LogP contribution in [0.2, 0.25) is 0 Å². The maximum atomic E-state index is 11.4. The predicted molar refractivity (Wildman–Crippen MR) is 76.6 cm³/mol. The Kier molecular flexibility index (Phi) is 8.06. The highest BCUT2D eigenvalue weighted by Crippen LogP contribution is 2.09. The number of amides is 1. The summed E-state index contributed by atoms with van der Waals surface area (Å²) >= 11 is 0. The van der Waals surface area contributed by atoms with Gasteiger partial charge in [-0.05, 0) is 51.2 Å². The standard InChI is InChI=1S/C15H30N2O/c1-14(2)13-15(18)16-9-5-3-6-10-17-11-7-4-8-12-17/h14H,3-13H2,1-2H3,(H,16,18). The van der Waals surface area contributed by atoms with Crippen LogP contribution >= 0.6 is 0 Å². The second kappa shape index (κ2) is 9.37. The van der Waals surface area contributed by atoms with E-state index in [0.717, 1.165) is 13.0 Å². The maximum Gasteiger partial charge on any atom is 0.220 e. The molecule has 0 aromatic carbocycles. The molecule has 0 aromatic rings. The Hall–Kier alpha value is -0.570. The number of piperidine rings is 1. The summed E-state index contributed by atoms with van der Waals surface area (Å²) in [6.45, 7) is 8.86. The molecule has 0 aromatic heterocycles. The smallest absolute Gasteiger partial charge is 0.220 e. The molecule has 3 heteroatoms. The molecule has 0 aliphatic carbocycles. The summed E-state index contributed by atoms with van der Waals surface area (Å²) in [6.07, 6.45) is 8.47. The van der Waals surface area contributed by atoms with Gasteiger partial charge in [0.2, 0.25) is 5.91 Å². The minimum atomic E-state index is 0.209. The fraction of sp³-hybridized carbons (Fsp3) is 0.933. The van der Waals surface area contributed by atoms with Gasteiger partial charge in [-0.25, -0.2) is 0 Å². The zero-order valence-corrected chi connectivity index (χ0v) is 12.2. The quantitative estimate of drug-likeness (QED) is 0.676. The van der Waals surface area contributed by atoms with Crippen LogP contribution in [0.3, 0.4) is 0 Å². The van der Waals surface area contributed by atoms with Gasteiger partial charge in [0.05, 0.1) is 0 Å². The number of hydrogen-bond donors (Lipinski definition) is 1. The zero-order chi connectivity index (χ0) is 13.2. The first-order valence-corrected chi connectivity index (χ1v) is 7.67. The molecule has 0 bridgehead atoms. The Morgan fingerprint density at radius 1 is 1.11 bits per heavy atom. The molecule has 0 unspecified atom stereocenters. The van der Waals surface area contributed by atoms with Crippen molar-refractivity contribution < 1.29 is 4.79 Å². The first-order chi connectivity index (χ1) is 8.68. The lowest BCUT2D eigenvalue weighted by molar-refractivity contribution is -0.121. The van der Waals surface area contributed by atoms with E-state index in [2.05, 4.69) is 24.1 Å². The minimum absolute atomic E-state index is 0.209. The van der Waals surface area contributed by atoms with Gasteiger partial charge in [-0.2, -0.15) is 0 Å². The van der Waals surface area contributed by atoms with Crippen molar-refractivity contribution in [2.45, 2.75) is 58.8 Å². The third-order valence-electron chi connectivity index (χ3n) is 3.52. The molecule has 1 aliphatic rings. The van der Waals surface area contributed by atoms with Crippen molar-refractivity contribution in [3.63, 3.8) is 0 Å². The molecule has 106 valence electrons. The molecular weight excluding hydrogens is 224 g/mol. The lowest BCUT2D eigenvalue weighted by Gasteiger charge is -2.26. The summed E-state index contributed by atoms with van der Waals surface area (Å²) in [5.41, 5.74) is 0. The van der Waals surface area contributed by atoms with Crippen LogP contribution in [0, 0.1) is 5.92 Å². The van der Waals surface area contributed by atoms with E-state index in [0.29, 0.717) is 12.3 Å². The van der Waals surface area contributed by atoms with Crippen molar-refractivity contribution >= 4 is 5.91 Å². The van der Waals surface area contributed by atoms with E-state index in [1.807, 2.05) is 0 Å². The van der Waals surface area contributed by atoms with E-state index in [9.17, 15) is 4.79 Å². The average Bonchev–Trinajstić information content (AvgIpc) is 2.34. The fourth-order valence-electron chi connectivity index (χ4n) is 2.49. The fourth-order valence-corrected chi connectivity index (χ4v) is 2.49. The number of unbranched alkanes of at least 4 members (excludes halogenated alkanes) is 2. The molecule has 3 nitrogen and oxygen atoms in total. The van der Waals surface area contributed by atoms with E-state index in [-0.39, 0.29) is 5.91 Å². The van der Waals surface area contributed by atoms with Crippen LogP contribution < -0.4 is 5.32 Å². The summed E-state index contributed by atoms with van der Waals surface area (Å²) in [5, 5.41) is 3.00. The second-order valence-electron chi connectivity index (χ2n) is 5.91. The monoisotopic (exact) mass is 254 g/mol. The summed E-state index contributed by atoms with van der Waals surface area (Å²) in [5.74, 6) is 0.671. The number of likely N-dealkylation sites (tertiary alicyclic amines) is 1. The Morgan fingerprint density at radius 3 is 2.50 bits per heavy atom. The van der Waals surface area contributed by atoms with E-state index < -0.39 is 0 Å². The normalized spacial score (nSPS) is 17.1. The highest BCUT2D eigenvalue weighted by molar-refractivity contribution is 5.75. The molecule has 0 spiro atoms. The zero-order valence-electron chi connectivity index (χ0n) is 12.2. The Morgan fingerprint density at radius 2 is 1.83 bits per heavy atom. The third kappa shape index (κ3) is 7.70. The van der Waals surface area contributed by atoms with Crippen molar-refractivity contribution in [2.75, 3.05) is 26.2 Å². The third-order valence-corrected chi connectivity index (χ3v) is 3.52. The average molecular weight is 254 g/mol.